The number of ether oxygens (including phenoxy) is 1. The van der Waals surface area contributed by atoms with Crippen molar-refractivity contribution in [2.24, 2.45) is 0 Å². The first-order chi connectivity index (χ1) is 7.04. The quantitative estimate of drug-likeness (QED) is 0.790. The standard InChI is InChI=1S/C7H5ClF2N4O/c1-15-7(9,10)6-12-11-5-3-2-4(8)13-14(5)6/h2-3H,1H3. The Morgan fingerprint density at radius 1 is 1.40 bits per heavy atom. The minimum Gasteiger partial charge on any atom is -0.317 e. The number of halogens is 3. The summed E-state index contributed by atoms with van der Waals surface area (Å²) >= 11 is 5.57. The maximum absolute atomic E-state index is 13.2. The van der Waals surface area contributed by atoms with Gasteiger partial charge in [0.2, 0.25) is 0 Å². The monoisotopic (exact) mass is 234 g/mol. The van der Waals surface area contributed by atoms with Crippen molar-refractivity contribution in [2.75, 3.05) is 7.11 Å². The molecule has 0 N–H and O–H groups in total. The number of methoxy groups -OCH3 is 1. The van der Waals surface area contributed by atoms with E-state index in [4.69, 9.17) is 11.6 Å². The highest BCUT2D eigenvalue weighted by atomic mass is 35.5. The third-order valence-corrected chi connectivity index (χ3v) is 1.95. The zero-order valence-corrected chi connectivity index (χ0v) is 8.24. The van der Waals surface area contributed by atoms with Gasteiger partial charge in [-0.1, -0.05) is 11.6 Å². The van der Waals surface area contributed by atoms with E-state index in [0.29, 0.717) is 0 Å². The Hall–Kier alpha value is -1.34. The van der Waals surface area contributed by atoms with E-state index < -0.39 is 11.9 Å². The molecule has 0 aliphatic rings. The van der Waals surface area contributed by atoms with Crippen LogP contribution in [0.2, 0.25) is 5.15 Å². The molecule has 2 aromatic heterocycles. The number of nitrogens with zero attached hydrogens (tertiary/aromatic N) is 4. The van der Waals surface area contributed by atoms with E-state index in [-0.39, 0.29) is 10.8 Å². The number of aromatic nitrogens is 4. The fourth-order valence-electron chi connectivity index (χ4n) is 1.04. The van der Waals surface area contributed by atoms with Gasteiger partial charge >= 0.3 is 6.11 Å². The largest absolute Gasteiger partial charge is 0.419 e. The molecular formula is C7H5ClF2N4O. The molecule has 0 atom stereocenters. The van der Waals surface area contributed by atoms with Crippen molar-refractivity contribution in [3.8, 4) is 0 Å². The van der Waals surface area contributed by atoms with Gasteiger partial charge in [-0.2, -0.15) is 18.4 Å². The molecule has 0 aliphatic carbocycles. The van der Waals surface area contributed by atoms with Crippen LogP contribution in [0.3, 0.4) is 0 Å². The maximum atomic E-state index is 13.2. The van der Waals surface area contributed by atoms with Crippen molar-refractivity contribution in [1.82, 2.24) is 19.8 Å². The first kappa shape index (κ1) is 10.2. The van der Waals surface area contributed by atoms with E-state index in [9.17, 15) is 8.78 Å². The van der Waals surface area contributed by atoms with Crippen LogP contribution in [0.1, 0.15) is 5.82 Å². The lowest BCUT2D eigenvalue weighted by molar-refractivity contribution is -0.238. The second-order valence-electron chi connectivity index (χ2n) is 2.67. The molecule has 0 aliphatic heterocycles. The Labute approximate surface area is 87.6 Å². The lowest BCUT2D eigenvalue weighted by Gasteiger charge is -2.10. The number of hydrogen-bond donors (Lipinski definition) is 0. The van der Waals surface area contributed by atoms with Crippen LogP contribution in [-0.2, 0) is 10.8 Å². The van der Waals surface area contributed by atoms with E-state index in [0.717, 1.165) is 11.6 Å². The molecule has 0 bridgehead atoms. The lowest BCUT2D eigenvalue weighted by atomic mass is 10.5. The summed E-state index contributed by atoms with van der Waals surface area (Å²) in [5.41, 5.74) is 0.172. The summed E-state index contributed by atoms with van der Waals surface area (Å²) in [4.78, 5) is 0. The smallest absolute Gasteiger partial charge is 0.317 e. The van der Waals surface area contributed by atoms with Crippen LogP contribution in [0, 0.1) is 0 Å². The fraction of sp³-hybridized carbons (Fsp3) is 0.286. The topological polar surface area (TPSA) is 52.3 Å². The number of alkyl halides is 2. The van der Waals surface area contributed by atoms with Gasteiger partial charge in [0.15, 0.2) is 5.65 Å². The van der Waals surface area contributed by atoms with Crippen LogP contribution in [0.15, 0.2) is 12.1 Å². The van der Waals surface area contributed by atoms with Crippen LogP contribution >= 0.6 is 11.6 Å². The summed E-state index contributed by atoms with van der Waals surface area (Å²) in [7, 11) is 0.867. The van der Waals surface area contributed by atoms with Crippen LogP contribution in [0.4, 0.5) is 8.78 Å². The molecule has 0 saturated carbocycles. The highest BCUT2D eigenvalue weighted by Crippen LogP contribution is 2.26. The molecule has 2 rings (SSSR count). The van der Waals surface area contributed by atoms with E-state index in [1.165, 1.54) is 12.1 Å². The Bertz CT molecular complexity index is 501. The van der Waals surface area contributed by atoms with Crippen LogP contribution in [-0.4, -0.2) is 26.9 Å². The van der Waals surface area contributed by atoms with Crippen molar-refractivity contribution in [1.29, 1.82) is 0 Å². The van der Waals surface area contributed by atoms with E-state index in [1.54, 1.807) is 0 Å². The first-order valence-corrected chi connectivity index (χ1v) is 4.24. The van der Waals surface area contributed by atoms with Gasteiger partial charge in [-0.15, -0.1) is 10.2 Å². The number of fused-ring (bicyclic) bond motifs is 1. The molecule has 0 fully saturated rings. The molecule has 5 nitrogen and oxygen atoms in total. The van der Waals surface area contributed by atoms with Gasteiger partial charge in [-0.3, -0.25) is 0 Å². The predicted molar refractivity (Wildman–Crippen MR) is 46.7 cm³/mol. The van der Waals surface area contributed by atoms with E-state index in [2.05, 4.69) is 20.0 Å². The van der Waals surface area contributed by atoms with E-state index in [1.807, 2.05) is 0 Å². The molecule has 2 aromatic rings. The van der Waals surface area contributed by atoms with Gasteiger partial charge in [0.05, 0.1) is 0 Å². The Morgan fingerprint density at radius 3 is 2.80 bits per heavy atom. The summed E-state index contributed by atoms with van der Waals surface area (Å²) in [6.45, 7) is 0. The van der Waals surface area contributed by atoms with Crippen molar-refractivity contribution >= 4 is 17.2 Å². The Morgan fingerprint density at radius 2 is 2.13 bits per heavy atom. The average Bonchev–Trinajstić information content (AvgIpc) is 2.61. The normalized spacial score (nSPS) is 12.3. The molecule has 2 heterocycles. The van der Waals surface area contributed by atoms with Gasteiger partial charge in [0, 0.05) is 7.11 Å². The zero-order chi connectivity index (χ0) is 11.1. The predicted octanol–water partition coefficient (Wildman–Crippen LogP) is 1.47. The molecule has 0 amide bonds. The molecule has 0 unspecified atom stereocenters. The highest BCUT2D eigenvalue weighted by molar-refractivity contribution is 6.29. The van der Waals surface area contributed by atoms with Crippen molar-refractivity contribution in [3.05, 3.63) is 23.1 Å². The average molecular weight is 235 g/mol. The molecule has 80 valence electrons. The van der Waals surface area contributed by atoms with Crippen molar-refractivity contribution < 1.29 is 13.5 Å². The summed E-state index contributed by atoms with van der Waals surface area (Å²) in [5.74, 6) is -0.706. The van der Waals surface area contributed by atoms with Crippen LogP contribution < -0.4 is 0 Å². The molecule has 0 radical (unpaired) electrons. The molecule has 0 aromatic carbocycles. The number of hydrogen-bond acceptors (Lipinski definition) is 4. The van der Waals surface area contributed by atoms with Gasteiger partial charge in [-0.25, -0.2) is 0 Å². The molecule has 15 heavy (non-hydrogen) atoms. The second kappa shape index (κ2) is 3.35. The second-order valence-corrected chi connectivity index (χ2v) is 3.06. The van der Waals surface area contributed by atoms with Gasteiger partial charge < -0.3 is 4.74 Å². The van der Waals surface area contributed by atoms with Crippen LogP contribution in [0.25, 0.3) is 5.65 Å². The SMILES string of the molecule is COC(F)(F)c1nnc2ccc(Cl)nn12. The molecule has 0 saturated heterocycles. The minimum absolute atomic E-state index is 0.0652. The van der Waals surface area contributed by atoms with Gasteiger partial charge in [0.1, 0.15) is 5.15 Å². The maximum Gasteiger partial charge on any atom is 0.419 e. The molecule has 0 spiro atoms. The van der Waals surface area contributed by atoms with Gasteiger partial charge in [-0.05, 0) is 12.1 Å². The van der Waals surface area contributed by atoms with Crippen molar-refractivity contribution in [3.63, 3.8) is 0 Å². The van der Waals surface area contributed by atoms with Gasteiger partial charge in [0.25, 0.3) is 5.82 Å². The Balaban J connectivity index is 2.67. The summed E-state index contributed by atoms with van der Waals surface area (Å²) in [6.07, 6.45) is -3.54. The Kier molecular flexibility index (Phi) is 2.28. The fourth-order valence-corrected chi connectivity index (χ4v) is 1.18. The summed E-state index contributed by atoms with van der Waals surface area (Å²) < 4.78 is 31.1. The first-order valence-electron chi connectivity index (χ1n) is 3.86. The van der Waals surface area contributed by atoms with Crippen LogP contribution in [0.5, 0.6) is 0 Å². The van der Waals surface area contributed by atoms with E-state index >= 15 is 0 Å². The summed E-state index contributed by atoms with van der Waals surface area (Å²) in [5, 5.41) is 10.5. The minimum atomic E-state index is -3.54. The zero-order valence-electron chi connectivity index (χ0n) is 7.49. The number of rotatable bonds is 2. The van der Waals surface area contributed by atoms with Crippen molar-refractivity contribution in [2.45, 2.75) is 6.11 Å². The lowest BCUT2D eigenvalue weighted by Crippen LogP contribution is -2.20. The third-order valence-electron chi connectivity index (χ3n) is 1.75. The summed E-state index contributed by atoms with van der Waals surface area (Å²) in [6, 6.07) is 2.86. The third kappa shape index (κ3) is 1.64. The molecular weight excluding hydrogens is 230 g/mol. The molecule has 8 heteroatoms. The highest BCUT2D eigenvalue weighted by Gasteiger charge is 2.38.